The van der Waals surface area contributed by atoms with Crippen molar-refractivity contribution in [1.29, 1.82) is 0 Å². The Morgan fingerprint density at radius 2 is 1.93 bits per heavy atom. The van der Waals surface area contributed by atoms with Crippen molar-refractivity contribution in [2.75, 3.05) is 20.3 Å². The second-order valence-electron chi connectivity index (χ2n) is 7.63. The number of benzene rings is 2. The summed E-state index contributed by atoms with van der Waals surface area (Å²) in [4.78, 5) is 0. The van der Waals surface area contributed by atoms with Crippen molar-refractivity contribution in [3.63, 3.8) is 0 Å². The van der Waals surface area contributed by atoms with E-state index in [1.54, 1.807) is 0 Å². The zero-order valence-corrected chi connectivity index (χ0v) is 15.8. The number of nitrogens with one attached hydrogen (secondary N) is 1. The lowest BCUT2D eigenvalue weighted by atomic mass is 9.76. The standard InChI is InChI=1S/C22H24F3NO2/c1-27-19-9-8-17(22(23,24)25)12-18(19)16-13-21(28-14-16)10-5-11-26-20(21)15-6-3-2-4-7-15/h2-4,6-9,12,16,20,26H,5,10-11,13-14H2,1H3/t16-,20?,21-/m0/s1. The normalized spacial score (nSPS) is 27.9. The van der Waals surface area contributed by atoms with Gasteiger partial charge in [-0.3, -0.25) is 0 Å². The minimum absolute atomic E-state index is 0.0317. The van der Waals surface area contributed by atoms with E-state index in [1.165, 1.54) is 19.2 Å². The van der Waals surface area contributed by atoms with Gasteiger partial charge in [-0.05, 0) is 49.6 Å². The van der Waals surface area contributed by atoms with Crippen molar-refractivity contribution < 1.29 is 22.6 Å². The first-order valence-corrected chi connectivity index (χ1v) is 9.60. The van der Waals surface area contributed by atoms with Gasteiger partial charge in [-0.15, -0.1) is 0 Å². The number of ether oxygens (including phenoxy) is 2. The minimum Gasteiger partial charge on any atom is -0.496 e. The molecule has 2 fully saturated rings. The number of hydrogen-bond acceptors (Lipinski definition) is 3. The molecule has 0 aliphatic carbocycles. The summed E-state index contributed by atoms with van der Waals surface area (Å²) in [5.41, 5.74) is 0.667. The molecule has 1 unspecified atom stereocenters. The molecule has 0 radical (unpaired) electrons. The average Bonchev–Trinajstić information content (AvgIpc) is 3.12. The Labute approximate surface area is 162 Å². The number of alkyl halides is 3. The molecule has 4 rings (SSSR count). The van der Waals surface area contributed by atoms with E-state index in [-0.39, 0.29) is 12.0 Å². The molecule has 2 saturated heterocycles. The van der Waals surface area contributed by atoms with Gasteiger partial charge in [0.15, 0.2) is 0 Å². The highest BCUT2D eigenvalue weighted by molar-refractivity contribution is 5.42. The predicted molar refractivity (Wildman–Crippen MR) is 100 cm³/mol. The number of hydrogen-bond donors (Lipinski definition) is 1. The smallest absolute Gasteiger partial charge is 0.416 e. The molecule has 3 nitrogen and oxygen atoms in total. The largest absolute Gasteiger partial charge is 0.496 e. The summed E-state index contributed by atoms with van der Waals surface area (Å²) in [6.07, 6.45) is -1.85. The fourth-order valence-corrected chi connectivity index (χ4v) is 4.64. The first-order valence-electron chi connectivity index (χ1n) is 9.60. The van der Waals surface area contributed by atoms with Crippen LogP contribution in [0.3, 0.4) is 0 Å². The van der Waals surface area contributed by atoms with Crippen LogP contribution in [-0.4, -0.2) is 25.9 Å². The Morgan fingerprint density at radius 3 is 2.64 bits per heavy atom. The molecule has 2 aromatic carbocycles. The number of rotatable bonds is 3. The fraction of sp³-hybridized carbons (Fsp3) is 0.455. The van der Waals surface area contributed by atoms with Gasteiger partial charge in [-0.1, -0.05) is 30.3 Å². The second-order valence-corrected chi connectivity index (χ2v) is 7.63. The third-order valence-electron chi connectivity index (χ3n) is 5.94. The van der Waals surface area contributed by atoms with Crippen LogP contribution in [0.2, 0.25) is 0 Å². The van der Waals surface area contributed by atoms with E-state index in [9.17, 15) is 13.2 Å². The Bertz CT molecular complexity index is 824. The average molecular weight is 391 g/mol. The Morgan fingerprint density at radius 1 is 1.14 bits per heavy atom. The van der Waals surface area contributed by atoms with Crippen molar-refractivity contribution >= 4 is 0 Å². The molecular formula is C22H24F3NO2. The van der Waals surface area contributed by atoms with Gasteiger partial charge >= 0.3 is 6.18 Å². The molecule has 1 spiro atoms. The van der Waals surface area contributed by atoms with E-state index >= 15 is 0 Å². The van der Waals surface area contributed by atoms with Gasteiger partial charge in [0.25, 0.3) is 0 Å². The van der Waals surface area contributed by atoms with Crippen LogP contribution in [0.25, 0.3) is 0 Å². The van der Waals surface area contributed by atoms with Crippen LogP contribution in [0.1, 0.15) is 47.9 Å². The molecule has 150 valence electrons. The zero-order valence-electron chi connectivity index (χ0n) is 15.8. The number of methoxy groups -OCH3 is 1. The summed E-state index contributed by atoms with van der Waals surface area (Å²) in [5.74, 6) is 0.349. The van der Waals surface area contributed by atoms with Gasteiger partial charge in [0.1, 0.15) is 5.75 Å². The third-order valence-corrected chi connectivity index (χ3v) is 5.94. The van der Waals surface area contributed by atoms with Crippen molar-refractivity contribution in [3.05, 3.63) is 65.2 Å². The lowest BCUT2D eigenvalue weighted by molar-refractivity contribution is -0.137. The molecule has 0 aromatic heterocycles. The van der Waals surface area contributed by atoms with E-state index in [1.807, 2.05) is 18.2 Å². The second kappa shape index (κ2) is 7.41. The van der Waals surface area contributed by atoms with E-state index in [2.05, 4.69) is 17.4 Å². The molecule has 0 bridgehead atoms. The Hall–Kier alpha value is -2.05. The maximum atomic E-state index is 13.2. The lowest BCUT2D eigenvalue weighted by Gasteiger charge is -2.41. The van der Waals surface area contributed by atoms with Crippen LogP contribution < -0.4 is 10.1 Å². The molecule has 2 aliphatic rings. The van der Waals surface area contributed by atoms with E-state index < -0.39 is 17.3 Å². The van der Waals surface area contributed by atoms with Crippen LogP contribution >= 0.6 is 0 Å². The molecule has 2 aromatic rings. The van der Waals surface area contributed by atoms with Crippen molar-refractivity contribution in [3.8, 4) is 5.75 Å². The summed E-state index contributed by atoms with van der Waals surface area (Å²) < 4.78 is 51.4. The van der Waals surface area contributed by atoms with Gasteiger partial charge < -0.3 is 14.8 Å². The van der Waals surface area contributed by atoms with Crippen LogP contribution in [-0.2, 0) is 10.9 Å². The molecular weight excluding hydrogens is 367 g/mol. The SMILES string of the molecule is COc1ccc(C(F)(F)F)cc1[C@@H]1CO[C@@]2(CCCNC2c2ccccc2)C1. The minimum atomic E-state index is -4.38. The highest BCUT2D eigenvalue weighted by Crippen LogP contribution is 2.50. The monoisotopic (exact) mass is 391 g/mol. The third kappa shape index (κ3) is 3.51. The lowest BCUT2D eigenvalue weighted by Crippen LogP contribution is -2.48. The first kappa shape index (κ1) is 19.3. The van der Waals surface area contributed by atoms with Gasteiger partial charge in [0.05, 0.1) is 30.9 Å². The van der Waals surface area contributed by atoms with Gasteiger partial charge in [-0.2, -0.15) is 13.2 Å². The van der Waals surface area contributed by atoms with Crippen LogP contribution in [0.4, 0.5) is 13.2 Å². The summed E-state index contributed by atoms with van der Waals surface area (Å²) >= 11 is 0. The van der Waals surface area contributed by atoms with E-state index in [4.69, 9.17) is 9.47 Å². The molecule has 1 N–H and O–H groups in total. The Kier molecular flexibility index (Phi) is 5.10. The summed E-state index contributed by atoms with van der Waals surface area (Å²) in [7, 11) is 1.49. The number of piperidine rings is 1. The molecule has 0 amide bonds. The highest BCUT2D eigenvalue weighted by atomic mass is 19.4. The summed E-state index contributed by atoms with van der Waals surface area (Å²) in [6.45, 7) is 1.30. The summed E-state index contributed by atoms with van der Waals surface area (Å²) in [6, 6.07) is 13.9. The van der Waals surface area contributed by atoms with Gasteiger partial charge in [0.2, 0.25) is 0 Å². The number of halogens is 3. The van der Waals surface area contributed by atoms with Crippen molar-refractivity contribution in [2.24, 2.45) is 0 Å². The van der Waals surface area contributed by atoms with E-state index in [0.717, 1.165) is 31.0 Å². The first-order chi connectivity index (χ1) is 13.4. The molecule has 2 heterocycles. The van der Waals surface area contributed by atoms with Crippen molar-refractivity contribution in [1.82, 2.24) is 5.32 Å². The van der Waals surface area contributed by atoms with Gasteiger partial charge in [-0.25, -0.2) is 0 Å². The molecule has 6 heteroatoms. The topological polar surface area (TPSA) is 30.5 Å². The fourth-order valence-electron chi connectivity index (χ4n) is 4.64. The van der Waals surface area contributed by atoms with Crippen molar-refractivity contribution in [2.45, 2.75) is 43.0 Å². The van der Waals surface area contributed by atoms with E-state index in [0.29, 0.717) is 24.3 Å². The Balaban J connectivity index is 1.66. The zero-order chi connectivity index (χ0) is 19.8. The molecule has 0 saturated carbocycles. The quantitative estimate of drug-likeness (QED) is 0.791. The van der Waals surface area contributed by atoms with Crippen LogP contribution in [0, 0.1) is 0 Å². The van der Waals surface area contributed by atoms with Crippen LogP contribution in [0.15, 0.2) is 48.5 Å². The van der Waals surface area contributed by atoms with Gasteiger partial charge in [0, 0.05) is 11.5 Å². The van der Waals surface area contributed by atoms with Crippen LogP contribution in [0.5, 0.6) is 5.75 Å². The molecule has 2 aliphatic heterocycles. The highest BCUT2D eigenvalue weighted by Gasteiger charge is 2.49. The summed E-state index contributed by atoms with van der Waals surface area (Å²) in [5, 5.41) is 3.57. The molecule has 3 atom stereocenters. The molecule has 28 heavy (non-hydrogen) atoms. The maximum Gasteiger partial charge on any atom is 0.416 e. The predicted octanol–water partition coefficient (Wildman–Crippen LogP) is 5.08. The maximum absolute atomic E-state index is 13.2.